The lowest BCUT2D eigenvalue weighted by Gasteiger charge is -2.35. The molecule has 24 heavy (non-hydrogen) atoms. The van der Waals surface area contributed by atoms with Crippen molar-refractivity contribution in [3.05, 3.63) is 11.6 Å². The monoisotopic (exact) mass is 334 g/mol. The van der Waals surface area contributed by atoms with Crippen molar-refractivity contribution in [2.45, 2.75) is 45.9 Å². The molecule has 2 rings (SSSR count). The van der Waals surface area contributed by atoms with Crippen LogP contribution >= 0.6 is 0 Å². The van der Waals surface area contributed by atoms with Gasteiger partial charge in [-0.15, -0.1) is 0 Å². The molecule has 8 nitrogen and oxygen atoms in total. The van der Waals surface area contributed by atoms with Crippen molar-refractivity contribution < 1.29 is 9.53 Å². The summed E-state index contributed by atoms with van der Waals surface area (Å²) in [6, 6.07) is 2.15. The summed E-state index contributed by atoms with van der Waals surface area (Å²) < 4.78 is 7.64. The van der Waals surface area contributed by atoms with Crippen LogP contribution in [0.25, 0.3) is 0 Å². The highest BCUT2D eigenvalue weighted by molar-refractivity contribution is 5.79. The Morgan fingerprint density at radius 3 is 2.79 bits per heavy atom. The number of rotatable bonds is 5. The molecule has 0 radical (unpaired) electrons. The molecule has 0 bridgehead atoms. The molecule has 2 heterocycles. The van der Waals surface area contributed by atoms with Crippen molar-refractivity contribution >= 4 is 5.91 Å². The zero-order valence-electron chi connectivity index (χ0n) is 15.1. The molecule has 8 heteroatoms. The number of carbonyl (C=O) groups excluding carboxylic acids is 1. The van der Waals surface area contributed by atoms with Crippen LogP contribution in [0.15, 0.2) is 0 Å². The standard InChI is InChI=1S/C16H26N6O2/c1-12-18-13(2)22(19-12)9-14-8-21(6-7-24-14)10-15(23)20(5)16(3,4)11-17/h14H,6-10H2,1-5H3/t14-/m0/s1. The average molecular weight is 334 g/mol. The molecule has 132 valence electrons. The average Bonchev–Trinajstić information content (AvgIpc) is 2.84. The maximum absolute atomic E-state index is 12.4. The Morgan fingerprint density at radius 2 is 2.21 bits per heavy atom. The highest BCUT2D eigenvalue weighted by Crippen LogP contribution is 2.13. The fourth-order valence-electron chi connectivity index (χ4n) is 2.65. The van der Waals surface area contributed by atoms with E-state index in [0.29, 0.717) is 26.2 Å². The van der Waals surface area contributed by atoms with Crippen molar-refractivity contribution in [1.82, 2.24) is 24.6 Å². The van der Waals surface area contributed by atoms with E-state index in [1.807, 2.05) is 18.5 Å². The number of aromatic nitrogens is 3. The van der Waals surface area contributed by atoms with E-state index in [4.69, 9.17) is 10.00 Å². The van der Waals surface area contributed by atoms with Crippen molar-refractivity contribution in [2.24, 2.45) is 0 Å². The van der Waals surface area contributed by atoms with Gasteiger partial charge < -0.3 is 9.64 Å². The molecular weight excluding hydrogens is 308 g/mol. The fourth-order valence-corrected chi connectivity index (χ4v) is 2.65. The smallest absolute Gasteiger partial charge is 0.237 e. The van der Waals surface area contributed by atoms with Gasteiger partial charge in [-0.25, -0.2) is 9.67 Å². The number of nitrogens with zero attached hydrogens (tertiary/aromatic N) is 6. The summed E-state index contributed by atoms with van der Waals surface area (Å²) in [6.45, 7) is 10.1. The zero-order valence-corrected chi connectivity index (χ0v) is 15.1. The van der Waals surface area contributed by atoms with Crippen LogP contribution in [0.3, 0.4) is 0 Å². The van der Waals surface area contributed by atoms with Crippen LogP contribution in [0.5, 0.6) is 0 Å². The van der Waals surface area contributed by atoms with E-state index < -0.39 is 5.54 Å². The van der Waals surface area contributed by atoms with Crippen LogP contribution < -0.4 is 0 Å². The van der Waals surface area contributed by atoms with Gasteiger partial charge in [-0.2, -0.15) is 10.4 Å². The van der Waals surface area contributed by atoms with Crippen molar-refractivity contribution in [3.63, 3.8) is 0 Å². The van der Waals surface area contributed by atoms with E-state index in [9.17, 15) is 4.79 Å². The van der Waals surface area contributed by atoms with Gasteiger partial charge in [-0.1, -0.05) is 0 Å². The van der Waals surface area contributed by atoms with E-state index in [0.717, 1.165) is 11.6 Å². The normalized spacial score (nSPS) is 19.1. The zero-order chi connectivity index (χ0) is 17.9. The predicted molar refractivity (Wildman–Crippen MR) is 88.1 cm³/mol. The Morgan fingerprint density at radius 1 is 1.50 bits per heavy atom. The third-order valence-corrected chi connectivity index (χ3v) is 4.41. The first kappa shape index (κ1) is 18.4. The van der Waals surface area contributed by atoms with Crippen molar-refractivity contribution in [1.29, 1.82) is 5.26 Å². The van der Waals surface area contributed by atoms with Crippen molar-refractivity contribution in [2.75, 3.05) is 33.3 Å². The molecule has 1 amide bonds. The quantitative estimate of drug-likeness (QED) is 0.772. The summed E-state index contributed by atoms with van der Waals surface area (Å²) in [5.41, 5.74) is -0.807. The van der Waals surface area contributed by atoms with E-state index in [-0.39, 0.29) is 18.6 Å². The van der Waals surface area contributed by atoms with Crippen LogP contribution in [-0.2, 0) is 16.1 Å². The first-order valence-electron chi connectivity index (χ1n) is 8.13. The summed E-state index contributed by atoms with van der Waals surface area (Å²) in [6.07, 6.45) is -0.0272. The Hall–Kier alpha value is -1.98. The van der Waals surface area contributed by atoms with E-state index in [1.165, 1.54) is 4.90 Å². The molecular formula is C16H26N6O2. The first-order valence-corrected chi connectivity index (χ1v) is 8.13. The molecule has 1 aromatic rings. The largest absolute Gasteiger partial charge is 0.374 e. The molecule has 1 aromatic heterocycles. The molecule has 0 spiro atoms. The Balaban J connectivity index is 1.92. The first-order chi connectivity index (χ1) is 11.2. The number of amides is 1. The number of hydrogen-bond donors (Lipinski definition) is 0. The van der Waals surface area contributed by atoms with Crippen molar-refractivity contribution in [3.8, 4) is 6.07 Å². The molecule has 1 atom stereocenters. The number of likely N-dealkylation sites (N-methyl/N-ethyl adjacent to an activating group) is 1. The predicted octanol–water partition coefficient (Wildman–Crippen LogP) is 0.356. The molecule has 0 aromatic carbocycles. The molecule has 1 aliphatic heterocycles. The third-order valence-electron chi connectivity index (χ3n) is 4.41. The SMILES string of the molecule is Cc1nc(C)n(C[C@@H]2CN(CC(=O)N(C)C(C)(C)C#N)CCO2)n1. The van der Waals surface area contributed by atoms with E-state index in [1.54, 1.807) is 20.9 Å². The Labute approximate surface area is 143 Å². The molecule has 0 unspecified atom stereocenters. The topological polar surface area (TPSA) is 87.3 Å². The van der Waals surface area contributed by atoms with Crippen LogP contribution in [0, 0.1) is 25.2 Å². The van der Waals surface area contributed by atoms with Gasteiger partial charge in [-0.05, 0) is 27.7 Å². The van der Waals surface area contributed by atoms with Gasteiger partial charge in [0.25, 0.3) is 0 Å². The Kier molecular flexibility index (Phi) is 5.57. The number of carbonyl (C=O) groups is 1. The summed E-state index contributed by atoms with van der Waals surface area (Å²) in [4.78, 5) is 20.3. The third kappa shape index (κ3) is 4.30. The van der Waals surface area contributed by atoms with Crippen LogP contribution in [-0.4, -0.2) is 75.4 Å². The van der Waals surface area contributed by atoms with E-state index >= 15 is 0 Å². The minimum atomic E-state index is -0.807. The molecule has 1 fully saturated rings. The molecule has 1 saturated heterocycles. The van der Waals surface area contributed by atoms with Gasteiger partial charge in [0.2, 0.25) is 5.91 Å². The van der Waals surface area contributed by atoms with Gasteiger partial charge in [0.15, 0.2) is 0 Å². The second kappa shape index (κ2) is 7.28. The number of nitriles is 1. The highest BCUT2D eigenvalue weighted by atomic mass is 16.5. The summed E-state index contributed by atoms with van der Waals surface area (Å²) in [5, 5.41) is 13.5. The maximum atomic E-state index is 12.4. The maximum Gasteiger partial charge on any atom is 0.237 e. The van der Waals surface area contributed by atoms with Crippen LogP contribution in [0.4, 0.5) is 0 Å². The lowest BCUT2D eigenvalue weighted by Crippen LogP contribution is -2.52. The molecule has 0 N–H and O–H groups in total. The second-order valence-electron chi connectivity index (χ2n) is 6.74. The van der Waals surface area contributed by atoms with Gasteiger partial charge in [0.05, 0.1) is 31.9 Å². The van der Waals surface area contributed by atoms with Crippen LogP contribution in [0.1, 0.15) is 25.5 Å². The van der Waals surface area contributed by atoms with E-state index in [2.05, 4.69) is 21.1 Å². The second-order valence-corrected chi connectivity index (χ2v) is 6.74. The fraction of sp³-hybridized carbons (Fsp3) is 0.750. The Bertz CT molecular complexity index is 633. The molecule has 0 saturated carbocycles. The minimum absolute atomic E-state index is 0.0272. The van der Waals surface area contributed by atoms with Gasteiger partial charge in [0.1, 0.15) is 17.2 Å². The number of ether oxygens (including phenoxy) is 1. The number of morpholine rings is 1. The lowest BCUT2D eigenvalue weighted by molar-refractivity contribution is -0.136. The minimum Gasteiger partial charge on any atom is -0.374 e. The summed E-state index contributed by atoms with van der Waals surface area (Å²) in [5.74, 6) is 1.55. The summed E-state index contributed by atoms with van der Waals surface area (Å²) in [7, 11) is 1.67. The molecule has 1 aliphatic rings. The number of aryl methyl sites for hydroxylation is 2. The number of hydrogen-bond acceptors (Lipinski definition) is 6. The van der Waals surface area contributed by atoms with Gasteiger partial charge in [-0.3, -0.25) is 9.69 Å². The van der Waals surface area contributed by atoms with Crippen LogP contribution in [0.2, 0.25) is 0 Å². The van der Waals surface area contributed by atoms with Gasteiger partial charge in [0, 0.05) is 20.1 Å². The van der Waals surface area contributed by atoms with Gasteiger partial charge >= 0.3 is 0 Å². The molecule has 0 aliphatic carbocycles. The highest BCUT2D eigenvalue weighted by Gasteiger charge is 2.30. The lowest BCUT2D eigenvalue weighted by atomic mass is 10.1. The summed E-state index contributed by atoms with van der Waals surface area (Å²) >= 11 is 0.